The van der Waals surface area contributed by atoms with E-state index in [2.05, 4.69) is 21.4 Å². The van der Waals surface area contributed by atoms with Gasteiger partial charge in [0, 0.05) is 19.6 Å². The minimum atomic E-state index is -0.472. The van der Waals surface area contributed by atoms with Gasteiger partial charge in [-0.3, -0.25) is 10.1 Å². The first-order valence-corrected chi connectivity index (χ1v) is 6.85. The third-order valence-electron chi connectivity index (χ3n) is 2.95. The van der Waals surface area contributed by atoms with Crippen molar-refractivity contribution < 1.29 is 4.92 Å². The lowest BCUT2D eigenvalue weighted by molar-refractivity contribution is -0.385. The minimum Gasteiger partial charge on any atom is -0.354 e. The highest BCUT2D eigenvalue weighted by molar-refractivity contribution is 5.62. The van der Waals surface area contributed by atoms with E-state index in [4.69, 9.17) is 5.26 Å². The van der Waals surface area contributed by atoms with Gasteiger partial charge in [-0.05, 0) is 27.7 Å². The monoisotopic (exact) mass is 292 g/mol. The van der Waals surface area contributed by atoms with Crippen LogP contribution in [0, 0.1) is 34.3 Å². The molecule has 8 nitrogen and oxygen atoms in total. The van der Waals surface area contributed by atoms with Crippen molar-refractivity contribution in [2.75, 3.05) is 29.9 Å². The van der Waals surface area contributed by atoms with Crippen LogP contribution in [0.3, 0.4) is 0 Å². The van der Waals surface area contributed by atoms with Crippen LogP contribution in [0.4, 0.5) is 17.5 Å². The Morgan fingerprint density at radius 2 is 2.14 bits per heavy atom. The minimum absolute atomic E-state index is 0.108. The lowest BCUT2D eigenvalue weighted by atomic mass is 10.2. The van der Waals surface area contributed by atoms with Crippen LogP contribution in [-0.2, 0) is 0 Å². The van der Waals surface area contributed by atoms with Gasteiger partial charge in [-0.2, -0.15) is 10.2 Å². The highest BCUT2D eigenvalue weighted by Gasteiger charge is 2.26. The Hall–Kier alpha value is -2.43. The molecule has 0 spiro atoms. The Labute approximate surface area is 124 Å². The summed E-state index contributed by atoms with van der Waals surface area (Å²) in [6.45, 7) is 8.66. The fraction of sp³-hybridized carbons (Fsp3) is 0.615. The highest BCUT2D eigenvalue weighted by Crippen LogP contribution is 2.30. The van der Waals surface area contributed by atoms with E-state index in [0.717, 1.165) is 0 Å². The standard InChI is InChI=1S/C13H20N6O2/c1-5-15-13-16-10(4)11(19(20)21)12(17-13)18(6-2)8-9(3)7-14/h9H,5-6,8H2,1-4H3,(H,15,16,17). The molecule has 1 N–H and O–H groups in total. The lowest BCUT2D eigenvalue weighted by Crippen LogP contribution is -2.30. The number of nitrogens with one attached hydrogen (secondary N) is 1. The van der Waals surface area contributed by atoms with Gasteiger partial charge < -0.3 is 10.2 Å². The summed E-state index contributed by atoms with van der Waals surface area (Å²) in [7, 11) is 0. The lowest BCUT2D eigenvalue weighted by Gasteiger charge is -2.23. The molecular formula is C13H20N6O2. The number of hydrogen-bond acceptors (Lipinski definition) is 7. The largest absolute Gasteiger partial charge is 0.354 e. The topological polar surface area (TPSA) is 108 Å². The Kier molecular flexibility index (Phi) is 5.84. The average molecular weight is 292 g/mol. The number of nitrogens with zero attached hydrogens (tertiary/aromatic N) is 5. The highest BCUT2D eigenvalue weighted by atomic mass is 16.6. The van der Waals surface area contributed by atoms with E-state index in [0.29, 0.717) is 31.3 Å². The summed E-state index contributed by atoms with van der Waals surface area (Å²) in [6.07, 6.45) is 0. The van der Waals surface area contributed by atoms with E-state index >= 15 is 0 Å². The van der Waals surface area contributed by atoms with Crippen molar-refractivity contribution >= 4 is 17.5 Å². The Morgan fingerprint density at radius 1 is 1.48 bits per heavy atom. The van der Waals surface area contributed by atoms with Gasteiger partial charge in [-0.1, -0.05) is 0 Å². The molecule has 8 heteroatoms. The smallest absolute Gasteiger partial charge is 0.332 e. The molecule has 0 saturated heterocycles. The molecule has 0 aliphatic rings. The molecule has 0 fully saturated rings. The molecular weight excluding hydrogens is 272 g/mol. The zero-order valence-electron chi connectivity index (χ0n) is 12.8. The molecule has 1 heterocycles. The Morgan fingerprint density at radius 3 is 2.62 bits per heavy atom. The van der Waals surface area contributed by atoms with Crippen molar-refractivity contribution in [3.8, 4) is 6.07 Å². The molecule has 0 radical (unpaired) electrons. The number of rotatable bonds is 7. The van der Waals surface area contributed by atoms with E-state index < -0.39 is 4.92 Å². The molecule has 0 aliphatic heterocycles. The van der Waals surface area contributed by atoms with Crippen molar-refractivity contribution in [2.45, 2.75) is 27.7 Å². The zero-order chi connectivity index (χ0) is 16.0. The first kappa shape index (κ1) is 16.6. The number of aryl methyl sites for hydroxylation is 1. The molecule has 0 aliphatic carbocycles. The van der Waals surface area contributed by atoms with E-state index in [1.54, 1.807) is 18.7 Å². The third kappa shape index (κ3) is 4.02. The van der Waals surface area contributed by atoms with Crippen LogP contribution in [-0.4, -0.2) is 34.5 Å². The fourth-order valence-corrected chi connectivity index (χ4v) is 1.96. The summed E-state index contributed by atoms with van der Waals surface area (Å²) in [5, 5.41) is 23.2. The van der Waals surface area contributed by atoms with E-state index in [-0.39, 0.29) is 17.4 Å². The molecule has 21 heavy (non-hydrogen) atoms. The number of nitriles is 1. The molecule has 1 rings (SSSR count). The summed E-state index contributed by atoms with van der Waals surface area (Å²) in [5.74, 6) is 0.370. The second-order valence-corrected chi connectivity index (χ2v) is 4.66. The molecule has 0 amide bonds. The predicted octanol–water partition coefficient (Wildman–Crippen LogP) is 2.11. The SMILES string of the molecule is CCNc1nc(C)c([N+](=O)[O-])c(N(CC)CC(C)C#N)n1. The van der Waals surface area contributed by atoms with Crippen LogP contribution >= 0.6 is 0 Å². The van der Waals surface area contributed by atoms with E-state index in [1.807, 2.05) is 13.8 Å². The van der Waals surface area contributed by atoms with E-state index in [1.165, 1.54) is 0 Å². The average Bonchev–Trinajstić information content (AvgIpc) is 2.43. The second kappa shape index (κ2) is 7.38. The summed E-state index contributed by atoms with van der Waals surface area (Å²) in [5.41, 5.74) is 0.202. The van der Waals surface area contributed by atoms with Crippen molar-refractivity contribution in [1.29, 1.82) is 5.26 Å². The van der Waals surface area contributed by atoms with Crippen LogP contribution in [0.25, 0.3) is 0 Å². The molecule has 1 unspecified atom stereocenters. The Balaban J connectivity index is 3.34. The van der Waals surface area contributed by atoms with Crippen molar-refractivity contribution in [3.63, 3.8) is 0 Å². The summed E-state index contributed by atoms with van der Waals surface area (Å²) in [6, 6.07) is 2.13. The molecule has 1 aromatic heterocycles. The normalized spacial score (nSPS) is 11.6. The van der Waals surface area contributed by atoms with Gasteiger partial charge in [-0.15, -0.1) is 0 Å². The Bertz CT molecular complexity index is 554. The second-order valence-electron chi connectivity index (χ2n) is 4.66. The number of anilines is 2. The molecule has 0 bridgehead atoms. The molecule has 1 aromatic rings. The van der Waals surface area contributed by atoms with Gasteiger partial charge in [-0.25, -0.2) is 4.98 Å². The number of aromatic nitrogens is 2. The maximum Gasteiger partial charge on any atom is 0.332 e. The van der Waals surface area contributed by atoms with Crippen molar-refractivity contribution in [1.82, 2.24) is 9.97 Å². The number of hydrogen-bond donors (Lipinski definition) is 1. The van der Waals surface area contributed by atoms with Crippen LogP contribution in [0.2, 0.25) is 0 Å². The van der Waals surface area contributed by atoms with Gasteiger partial charge in [0.15, 0.2) is 0 Å². The predicted molar refractivity (Wildman–Crippen MR) is 80.3 cm³/mol. The van der Waals surface area contributed by atoms with Gasteiger partial charge in [0.1, 0.15) is 5.69 Å². The molecule has 0 saturated carbocycles. The van der Waals surface area contributed by atoms with Crippen LogP contribution < -0.4 is 10.2 Å². The van der Waals surface area contributed by atoms with Crippen LogP contribution in [0.5, 0.6) is 0 Å². The van der Waals surface area contributed by atoms with Gasteiger partial charge in [0.25, 0.3) is 0 Å². The van der Waals surface area contributed by atoms with Crippen LogP contribution in [0.1, 0.15) is 26.5 Å². The maximum absolute atomic E-state index is 11.3. The fourth-order valence-electron chi connectivity index (χ4n) is 1.96. The maximum atomic E-state index is 11.3. The first-order valence-electron chi connectivity index (χ1n) is 6.85. The zero-order valence-corrected chi connectivity index (χ0v) is 12.8. The van der Waals surface area contributed by atoms with Crippen molar-refractivity contribution in [2.24, 2.45) is 5.92 Å². The number of nitro groups is 1. The quantitative estimate of drug-likeness (QED) is 0.605. The first-order chi connectivity index (χ1) is 9.94. The molecule has 114 valence electrons. The van der Waals surface area contributed by atoms with Gasteiger partial charge in [0.2, 0.25) is 11.8 Å². The molecule has 1 atom stereocenters. The molecule has 0 aromatic carbocycles. The van der Waals surface area contributed by atoms with Gasteiger partial charge >= 0.3 is 5.69 Å². The van der Waals surface area contributed by atoms with Crippen LogP contribution in [0.15, 0.2) is 0 Å². The summed E-state index contributed by atoms with van der Waals surface area (Å²) in [4.78, 5) is 20.9. The summed E-state index contributed by atoms with van der Waals surface area (Å²) >= 11 is 0. The van der Waals surface area contributed by atoms with E-state index in [9.17, 15) is 10.1 Å². The third-order valence-corrected chi connectivity index (χ3v) is 2.95. The summed E-state index contributed by atoms with van der Waals surface area (Å²) < 4.78 is 0. The van der Waals surface area contributed by atoms with Crippen molar-refractivity contribution in [3.05, 3.63) is 15.8 Å². The van der Waals surface area contributed by atoms with Gasteiger partial charge in [0.05, 0.1) is 16.9 Å².